The van der Waals surface area contributed by atoms with Crippen LogP contribution in [0, 0.1) is 11.3 Å². The van der Waals surface area contributed by atoms with Crippen molar-refractivity contribution in [3.05, 3.63) is 70.7 Å². The van der Waals surface area contributed by atoms with Crippen molar-refractivity contribution in [3.8, 4) is 16.6 Å². The summed E-state index contributed by atoms with van der Waals surface area (Å²) in [5, 5.41) is 11.7. The quantitative estimate of drug-likeness (QED) is 0.574. The van der Waals surface area contributed by atoms with E-state index in [1.807, 2.05) is 34.5 Å². The summed E-state index contributed by atoms with van der Waals surface area (Å²) in [4.78, 5) is 21.9. The number of nitrogens with zero attached hydrogens (tertiary/aromatic N) is 4. The molecule has 5 nitrogen and oxygen atoms in total. The molecule has 1 amide bonds. The van der Waals surface area contributed by atoms with Crippen LogP contribution in [-0.4, -0.2) is 42.0 Å². The van der Waals surface area contributed by atoms with Crippen molar-refractivity contribution in [1.29, 1.82) is 5.26 Å². The molecule has 1 aliphatic rings. The monoisotopic (exact) mass is 430 g/mol. The van der Waals surface area contributed by atoms with Crippen LogP contribution in [-0.2, 0) is 0 Å². The van der Waals surface area contributed by atoms with Crippen molar-refractivity contribution in [1.82, 2.24) is 9.88 Å². The van der Waals surface area contributed by atoms with E-state index in [9.17, 15) is 4.79 Å². The highest BCUT2D eigenvalue weighted by Gasteiger charge is 2.22. The first-order valence-corrected chi connectivity index (χ1v) is 11.5. The number of hydrogen-bond acceptors (Lipinski definition) is 5. The molecule has 4 rings (SSSR count). The number of benzene rings is 2. The van der Waals surface area contributed by atoms with Crippen LogP contribution in [0.4, 0.5) is 5.69 Å². The van der Waals surface area contributed by atoms with Crippen LogP contribution in [0.3, 0.4) is 0 Å². The summed E-state index contributed by atoms with van der Waals surface area (Å²) in [5.41, 5.74) is 4.63. The molecule has 0 radical (unpaired) electrons. The lowest BCUT2D eigenvalue weighted by Gasteiger charge is -2.23. The molecule has 31 heavy (non-hydrogen) atoms. The minimum Gasteiger partial charge on any atom is -0.370 e. The second kappa shape index (κ2) is 9.32. The molecule has 1 aliphatic heterocycles. The van der Waals surface area contributed by atoms with E-state index in [1.165, 1.54) is 16.9 Å². The fourth-order valence-corrected chi connectivity index (χ4v) is 4.60. The van der Waals surface area contributed by atoms with Gasteiger partial charge in [0.1, 0.15) is 10.7 Å². The number of aromatic nitrogens is 1. The highest BCUT2D eigenvalue weighted by molar-refractivity contribution is 7.13. The van der Waals surface area contributed by atoms with Gasteiger partial charge in [-0.25, -0.2) is 4.98 Å². The smallest absolute Gasteiger partial charge is 0.273 e. The third kappa shape index (κ3) is 4.78. The molecule has 1 fully saturated rings. The molecular weight excluding hydrogens is 404 g/mol. The van der Waals surface area contributed by atoms with Gasteiger partial charge in [0, 0.05) is 42.8 Å². The summed E-state index contributed by atoms with van der Waals surface area (Å²) in [7, 11) is 0. The molecule has 1 aromatic heterocycles. The molecule has 0 aliphatic carbocycles. The molecule has 158 valence electrons. The molecule has 0 saturated carbocycles. The highest BCUT2D eigenvalue weighted by atomic mass is 32.1. The van der Waals surface area contributed by atoms with Crippen LogP contribution in [0.1, 0.15) is 47.8 Å². The Bertz CT molecular complexity index is 1080. The van der Waals surface area contributed by atoms with Gasteiger partial charge in [0.15, 0.2) is 0 Å². The molecule has 6 heteroatoms. The lowest BCUT2D eigenvalue weighted by atomic mass is 10.0. The van der Waals surface area contributed by atoms with Crippen molar-refractivity contribution in [2.75, 3.05) is 31.1 Å². The molecule has 2 heterocycles. The molecule has 1 saturated heterocycles. The van der Waals surface area contributed by atoms with E-state index >= 15 is 0 Å². The summed E-state index contributed by atoms with van der Waals surface area (Å²) >= 11 is 1.52. The van der Waals surface area contributed by atoms with Gasteiger partial charge in [0.2, 0.25) is 0 Å². The predicted octanol–water partition coefficient (Wildman–Crippen LogP) is 5.16. The Morgan fingerprint density at radius 3 is 2.45 bits per heavy atom. The van der Waals surface area contributed by atoms with Crippen LogP contribution >= 0.6 is 11.3 Å². The first-order chi connectivity index (χ1) is 15.0. The third-order valence-corrected chi connectivity index (χ3v) is 6.58. The van der Waals surface area contributed by atoms with Crippen LogP contribution in [0.2, 0.25) is 0 Å². The van der Waals surface area contributed by atoms with Gasteiger partial charge in [-0.3, -0.25) is 4.79 Å². The molecular formula is C25H26N4OS. The van der Waals surface area contributed by atoms with Gasteiger partial charge >= 0.3 is 0 Å². The van der Waals surface area contributed by atoms with Gasteiger partial charge in [0.25, 0.3) is 5.91 Å². The number of nitriles is 1. The normalized spacial score (nSPS) is 14.4. The van der Waals surface area contributed by atoms with Gasteiger partial charge < -0.3 is 9.80 Å². The summed E-state index contributed by atoms with van der Waals surface area (Å²) in [6.07, 6.45) is 0.902. The largest absolute Gasteiger partial charge is 0.370 e. The highest BCUT2D eigenvalue weighted by Crippen LogP contribution is 2.26. The van der Waals surface area contributed by atoms with E-state index in [0.29, 0.717) is 23.7 Å². The van der Waals surface area contributed by atoms with E-state index in [1.54, 1.807) is 0 Å². The zero-order chi connectivity index (χ0) is 21.8. The second-order valence-corrected chi connectivity index (χ2v) is 8.96. The standard InChI is InChI=1S/C25H26N4OS/c1-18(2)20-6-8-21(9-7-20)24-27-23(17-31-24)25(30)29-13-3-12-28(14-15-29)22-10-4-19(16-26)5-11-22/h4-11,17-18H,3,12-15H2,1-2H3. The molecule has 0 N–H and O–H groups in total. The summed E-state index contributed by atoms with van der Waals surface area (Å²) in [6, 6.07) is 18.2. The van der Waals surface area contributed by atoms with Crippen molar-refractivity contribution in [3.63, 3.8) is 0 Å². The van der Waals surface area contributed by atoms with Crippen LogP contribution < -0.4 is 4.90 Å². The van der Waals surface area contributed by atoms with Crippen LogP contribution in [0.25, 0.3) is 10.6 Å². The SMILES string of the molecule is CC(C)c1ccc(-c2nc(C(=O)N3CCCN(c4ccc(C#N)cc4)CC3)cs2)cc1. The Labute approximate surface area is 187 Å². The first-order valence-electron chi connectivity index (χ1n) is 10.7. The van der Waals surface area contributed by atoms with Crippen molar-refractivity contribution in [2.45, 2.75) is 26.2 Å². The number of rotatable bonds is 4. The van der Waals surface area contributed by atoms with E-state index in [-0.39, 0.29) is 5.91 Å². The third-order valence-electron chi connectivity index (χ3n) is 5.69. The Morgan fingerprint density at radius 1 is 1.03 bits per heavy atom. The first kappa shape index (κ1) is 21.1. The number of hydrogen-bond donors (Lipinski definition) is 0. The van der Waals surface area contributed by atoms with Crippen molar-refractivity contribution in [2.24, 2.45) is 0 Å². The van der Waals surface area contributed by atoms with Gasteiger partial charge in [-0.2, -0.15) is 5.26 Å². The Kier molecular flexibility index (Phi) is 6.34. The second-order valence-electron chi connectivity index (χ2n) is 8.11. The predicted molar refractivity (Wildman–Crippen MR) is 126 cm³/mol. The number of thiazole rings is 1. The van der Waals surface area contributed by atoms with E-state index in [2.05, 4.69) is 54.1 Å². The fraction of sp³-hybridized carbons (Fsp3) is 0.320. The zero-order valence-corrected chi connectivity index (χ0v) is 18.7. The molecule has 0 unspecified atom stereocenters. The summed E-state index contributed by atoms with van der Waals surface area (Å²) in [5.74, 6) is 0.498. The molecule has 2 aromatic carbocycles. The Hall–Kier alpha value is -3.17. The lowest BCUT2D eigenvalue weighted by molar-refractivity contribution is 0.0762. The maximum absolute atomic E-state index is 13.1. The minimum absolute atomic E-state index is 0.00276. The van der Waals surface area contributed by atoms with E-state index < -0.39 is 0 Å². The van der Waals surface area contributed by atoms with E-state index in [4.69, 9.17) is 5.26 Å². The van der Waals surface area contributed by atoms with Crippen molar-refractivity contribution >= 4 is 22.9 Å². The molecule has 0 bridgehead atoms. The topological polar surface area (TPSA) is 60.2 Å². The van der Waals surface area contributed by atoms with Crippen LogP contribution in [0.15, 0.2) is 53.9 Å². The Morgan fingerprint density at radius 2 is 1.77 bits per heavy atom. The average Bonchev–Trinajstić information content (AvgIpc) is 3.17. The number of amides is 1. The van der Waals surface area contributed by atoms with Gasteiger partial charge in [-0.1, -0.05) is 38.1 Å². The van der Waals surface area contributed by atoms with Crippen LogP contribution in [0.5, 0.6) is 0 Å². The maximum Gasteiger partial charge on any atom is 0.273 e. The number of carbonyl (C=O) groups is 1. The lowest BCUT2D eigenvalue weighted by Crippen LogP contribution is -2.35. The number of anilines is 1. The number of carbonyl (C=O) groups excluding carboxylic acids is 1. The van der Waals surface area contributed by atoms with Gasteiger partial charge in [-0.15, -0.1) is 11.3 Å². The molecule has 0 spiro atoms. The van der Waals surface area contributed by atoms with Crippen molar-refractivity contribution < 1.29 is 4.79 Å². The molecule has 3 aromatic rings. The Balaban J connectivity index is 1.42. The minimum atomic E-state index is 0.00276. The molecule has 0 atom stereocenters. The maximum atomic E-state index is 13.1. The average molecular weight is 431 g/mol. The summed E-state index contributed by atoms with van der Waals surface area (Å²) < 4.78 is 0. The summed E-state index contributed by atoms with van der Waals surface area (Å²) in [6.45, 7) is 7.40. The van der Waals surface area contributed by atoms with Gasteiger partial charge in [-0.05, 0) is 42.2 Å². The van der Waals surface area contributed by atoms with E-state index in [0.717, 1.165) is 42.3 Å². The van der Waals surface area contributed by atoms with Gasteiger partial charge in [0.05, 0.1) is 11.6 Å². The fourth-order valence-electron chi connectivity index (χ4n) is 3.80. The zero-order valence-electron chi connectivity index (χ0n) is 17.9.